The highest BCUT2D eigenvalue weighted by atomic mass is 35.5. The third kappa shape index (κ3) is 5.40. The maximum Gasteiger partial charge on any atom is 0.410 e. The topological polar surface area (TPSA) is 42.4 Å². The predicted octanol–water partition coefficient (Wildman–Crippen LogP) is 3.98. The van der Waals surface area contributed by atoms with Crippen molar-refractivity contribution in [2.75, 3.05) is 13.1 Å². The number of amides is 1. The number of carbonyl (C=O) groups is 1. The zero-order chi connectivity index (χ0) is 15.5. The molecule has 2 rings (SSSR count). The fraction of sp³-hybridized carbons (Fsp3) is 0.600. The van der Waals surface area contributed by atoms with Gasteiger partial charge in [-0.25, -0.2) is 9.78 Å². The molecular formula is C15H21ClN2O2S. The van der Waals surface area contributed by atoms with Crippen LogP contribution >= 0.6 is 23.4 Å². The highest BCUT2D eigenvalue weighted by Gasteiger charge is 2.29. The summed E-state index contributed by atoms with van der Waals surface area (Å²) < 4.78 is 5.40. The van der Waals surface area contributed by atoms with Gasteiger partial charge in [0, 0.05) is 30.3 Å². The molecule has 0 saturated carbocycles. The minimum absolute atomic E-state index is 0.209. The van der Waals surface area contributed by atoms with E-state index in [9.17, 15) is 4.79 Å². The number of likely N-dealkylation sites (tertiary alicyclic amines) is 1. The molecule has 6 heteroatoms. The Bertz CT molecular complexity index is 487. The molecule has 4 nitrogen and oxygen atoms in total. The number of hydrogen-bond acceptors (Lipinski definition) is 4. The van der Waals surface area contributed by atoms with E-state index in [1.54, 1.807) is 17.2 Å². The molecule has 0 bridgehead atoms. The van der Waals surface area contributed by atoms with E-state index in [0.29, 0.717) is 10.4 Å². The highest BCUT2D eigenvalue weighted by molar-refractivity contribution is 7.99. The minimum Gasteiger partial charge on any atom is -0.444 e. The lowest BCUT2D eigenvalue weighted by Gasteiger charge is -2.24. The van der Waals surface area contributed by atoms with Gasteiger partial charge in [-0.3, -0.25) is 0 Å². The van der Waals surface area contributed by atoms with Gasteiger partial charge >= 0.3 is 6.09 Å². The van der Waals surface area contributed by atoms with E-state index in [4.69, 9.17) is 16.3 Å². The van der Waals surface area contributed by atoms with Crippen LogP contribution in [0.1, 0.15) is 32.8 Å². The Balaban J connectivity index is 1.77. The second-order valence-corrected chi connectivity index (χ2v) is 7.81. The normalized spacial score (nSPS) is 18.9. The molecule has 0 aromatic carbocycles. The largest absolute Gasteiger partial charge is 0.444 e. The smallest absolute Gasteiger partial charge is 0.410 e. The lowest BCUT2D eigenvalue weighted by Crippen LogP contribution is -2.35. The molecule has 0 aliphatic carbocycles. The summed E-state index contributed by atoms with van der Waals surface area (Å²) in [4.78, 5) is 17.9. The number of aromatic nitrogens is 1. The Kier molecular flexibility index (Phi) is 5.38. The second kappa shape index (κ2) is 6.88. The van der Waals surface area contributed by atoms with Crippen LogP contribution in [-0.2, 0) is 10.5 Å². The molecule has 1 aliphatic rings. The third-order valence-electron chi connectivity index (χ3n) is 3.07. The average Bonchev–Trinajstić information content (AvgIpc) is 2.85. The Morgan fingerprint density at radius 1 is 1.52 bits per heavy atom. The van der Waals surface area contributed by atoms with Crippen molar-refractivity contribution in [2.45, 2.75) is 43.8 Å². The Morgan fingerprint density at radius 2 is 2.29 bits per heavy atom. The summed E-state index contributed by atoms with van der Waals surface area (Å²) in [7, 11) is 0. The maximum absolute atomic E-state index is 12.0. The van der Waals surface area contributed by atoms with Gasteiger partial charge in [-0.05, 0) is 38.8 Å². The minimum atomic E-state index is -0.433. The molecule has 2 heterocycles. The average molecular weight is 329 g/mol. The number of nitrogens with zero attached hydrogens (tertiary/aromatic N) is 2. The summed E-state index contributed by atoms with van der Waals surface area (Å²) in [5, 5.41) is 0.967. The number of hydrogen-bond donors (Lipinski definition) is 0. The summed E-state index contributed by atoms with van der Waals surface area (Å²) in [6.45, 7) is 7.19. The fourth-order valence-electron chi connectivity index (χ4n) is 2.06. The first-order valence-corrected chi connectivity index (χ1v) is 8.46. The summed E-state index contributed by atoms with van der Waals surface area (Å²) in [6, 6.07) is 3.79. The third-order valence-corrected chi connectivity index (χ3v) is 4.65. The van der Waals surface area contributed by atoms with Crippen LogP contribution in [0.3, 0.4) is 0 Å². The molecule has 1 aliphatic heterocycles. The number of carbonyl (C=O) groups excluding carboxylic acids is 1. The summed E-state index contributed by atoms with van der Waals surface area (Å²) >= 11 is 7.62. The van der Waals surface area contributed by atoms with Crippen LogP contribution in [0.4, 0.5) is 4.79 Å². The molecule has 1 fully saturated rings. The zero-order valence-electron chi connectivity index (χ0n) is 12.6. The van der Waals surface area contributed by atoms with Gasteiger partial charge in [0.2, 0.25) is 0 Å². The Morgan fingerprint density at radius 3 is 2.90 bits per heavy atom. The molecule has 0 spiro atoms. The van der Waals surface area contributed by atoms with Crippen LogP contribution < -0.4 is 0 Å². The molecule has 116 valence electrons. The molecule has 1 aromatic heterocycles. The van der Waals surface area contributed by atoms with Crippen LogP contribution in [-0.4, -0.2) is 39.9 Å². The van der Waals surface area contributed by atoms with Gasteiger partial charge in [0.25, 0.3) is 0 Å². The van der Waals surface area contributed by atoms with Crippen LogP contribution in [0.25, 0.3) is 0 Å². The van der Waals surface area contributed by atoms with E-state index in [0.717, 1.165) is 30.8 Å². The predicted molar refractivity (Wildman–Crippen MR) is 86.8 cm³/mol. The number of pyridine rings is 1. The van der Waals surface area contributed by atoms with Gasteiger partial charge in [-0.15, -0.1) is 0 Å². The van der Waals surface area contributed by atoms with Gasteiger partial charge in [-0.1, -0.05) is 17.7 Å². The van der Waals surface area contributed by atoms with Crippen molar-refractivity contribution in [2.24, 2.45) is 0 Å². The quantitative estimate of drug-likeness (QED) is 0.787. The van der Waals surface area contributed by atoms with Crippen molar-refractivity contribution in [3.8, 4) is 0 Å². The number of halogens is 1. The molecular weight excluding hydrogens is 308 g/mol. The van der Waals surface area contributed by atoms with E-state index in [1.165, 1.54) is 0 Å². The highest BCUT2D eigenvalue weighted by Crippen LogP contribution is 2.27. The van der Waals surface area contributed by atoms with Crippen molar-refractivity contribution in [1.29, 1.82) is 0 Å². The number of rotatable bonds is 3. The van der Waals surface area contributed by atoms with Crippen molar-refractivity contribution in [1.82, 2.24) is 9.88 Å². The van der Waals surface area contributed by atoms with Crippen molar-refractivity contribution >= 4 is 29.5 Å². The first kappa shape index (κ1) is 16.4. The molecule has 0 radical (unpaired) electrons. The molecule has 1 aromatic rings. The fourth-order valence-corrected chi connectivity index (χ4v) is 3.33. The summed E-state index contributed by atoms with van der Waals surface area (Å²) in [6.07, 6.45) is 2.60. The van der Waals surface area contributed by atoms with E-state index < -0.39 is 5.60 Å². The Labute approximate surface area is 135 Å². The van der Waals surface area contributed by atoms with Crippen molar-refractivity contribution in [3.05, 3.63) is 29.0 Å². The first-order chi connectivity index (χ1) is 9.83. The first-order valence-electron chi connectivity index (χ1n) is 7.03. The summed E-state index contributed by atoms with van der Waals surface area (Å²) in [5.74, 6) is 0.886. The van der Waals surface area contributed by atoms with Crippen LogP contribution in [0.2, 0.25) is 5.15 Å². The second-order valence-electron chi connectivity index (χ2n) is 6.14. The monoisotopic (exact) mass is 328 g/mol. The molecule has 1 atom stereocenters. The van der Waals surface area contributed by atoms with E-state index in [2.05, 4.69) is 4.98 Å². The lowest BCUT2D eigenvalue weighted by atomic mass is 10.2. The lowest BCUT2D eigenvalue weighted by molar-refractivity contribution is 0.0295. The van der Waals surface area contributed by atoms with Gasteiger partial charge < -0.3 is 9.64 Å². The number of thioether (sulfide) groups is 1. The van der Waals surface area contributed by atoms with Gasteiger partial charge in [0.15, 0.2) is 0 Å². The zero-order valence-corrected chi connectivity index (χ0v) is 14.2. The van der Waals surface area contributed by atoms with Crippen LogP contribution in [0.5, 0.6) is 0 Å². The molecule has 1 saturated heterocycles. The molecule has 0 N–H and O–H groups in total. The van der Waals surface area contributed by atoms with Crippen LogP contribution in [0, 0.1) is 0 Å². The Hall–Kier alpha value is -0.940. The molecule has 1 amide bonds. The van der Waals surface area contributed by atoms with E-state index in [-0.39, 0.29) is 6.09 Å². The molecule has 21 heavy (non-hydrogen) atoms. The van der Waals surface area contributed by atoms with Crippen LogP contribution in [0.15, 0.2) is 18.3 Å². The van der Waals surface area contributed by atoms with E-state index in [1.807, 2.05) is 38.6 Å². The van der Waals surface area contributed by atoms with Gasteiger partial charge in [-0.2, -0.15) is 11.8 Å². The standard InChI is InChI=1S/C15H21ClN2O2S/c1-15(2,3)20-14(19)18-7-6-12(9-18)21-10-11-4-5-13(16)17-8-11/h4-5,8,12H,6-7,9-10H2,1-3H3/t12-/m0/s1. The van der Waals surface area contributed by atoms with E-state index >= 15 is 0 Å². The molecule has 0 unspecified atom stereocenters. The maximum atomic E-state index is 12.0. The van der Waals surface area contributed by atoms with Crippen molar-refractivity contribution in [3.63, 3.8) is 0 Å². The number of ether oxygens (including phenoxy) is 1. The summed E-state index contributed by atoms with van der Waals surface area (Å²) in [5.41, 5.74) is 0.720. The van der Waals surface area contributed by atoms with Gasteiger partial charge in [0.05, 0.1) is 0 Å². The SMILES string of the molecule is CC(C)(C)OC(=O)N1CC[C@H](SCc2ccc(Cl)nc2)C1. The van der Waals surface area contributed by atoms with Gasteiger partial charge in [0.1, 0.15) is 10.8 Å². The van der Waals surface area contributed by atoms with Crippen molar-refractivity contribution < 1.29 is 9.53 Å².